The zero-order chi connectivity index (χ0) is 13.8. The summed E-state index contributed by atoms with van der Waals surface area (Å²) in [7, 11) is -2.19. The first kappa shape index (κ1) is 14.6. The Morgan fingerprint density at radius 2 is 1.89 bits per heavy atom. The van der Waals surface area contributed by atoms with Gasteiger partial charge in [-0.3, -0.25) is 4.79 Å². The first-order chi connectivity index (χ1) is 8.37. The molecular formula is C11H16N2O4S. The predicted octanol–water partition coefficient (Wildman–Crippen LogP) is 0.258. The van der Waals surface area contributed by atoms with Crippen molar-refractivity contribution in [3.63, 3.8) is 0 Å². The summed E-state index contributed by atoms with van der Waals surface area (Å²) >= 11 is 0. The number of carbonyl (C=O) groups is 1. The number of likely N-dealkylation sites (N-methyl/N-ethyl adjacent to an activating group) is 1. The molecule has 6 nitrogen and oxygen atoms in total. The number of sulfonamides is 1. The van der Waals surface area contributed by atoms with E-state index >= 15 is 0 Å². The molecule has 1 aromatic carbocycles. The summed E-state index contributed by atoms with van der Waals surface area (Å²) in [5.74, 6) is -0.219. The van der Waals surface area contributed by atoms with Crippen molar-refractivity contribution in [2.45, 2.75) is 11.8 Å². The zero-order valence-electron chi connectivity index (χ0n) is 10.3. The van der Waals surface area contributed by atoms with Crippen molar-refractivity contribution in [1.29, 1.82) is 0 Å². The van der Waals surface area contributed by atoms with Gasteiger partial charge in [0.25, 0.3) is 0 Å². The van der Waals surface area contributed by atoms with E-state index in [9.17, 15) is 13.2 Å². The lowest BCUT2D eigenvalue weighted by Gasteiger charge is -2.16. The van der Waals surface area contributed by atoms with Crippen LogP contribution in [-0.2, 0) is 14.8 Å². The Kier molecular flexibility index (Phi) is 4.83. The molecule has 1 aromatic rings. The number of hydrogen-bond acceptors (Lipinski definition) is 4. The fourth-order valence-corrected chi connectivity index (χ4v) is 2.52. The van der Waals surface area contributed by atoms with E-state index in [1.165, 1.54) is 38.2 Å². The lowest BCUT2D eigenvalue weighted by atomic mass is 10.3. The maximum Gasteiger partial charge on any atom is 0.242 e. The Labute approximate surface area is 106 Å². The smallest absolute Gasteiger partial charge is 0.242 e. The highest BCUT2D eigenvalue weighted by Crippen LogP contribution is 2.17. The molecule has 0 heterocycles. The van der Waals surface area contributed by atoms with Gasteiger partial charge in [0, 0.05) is 26.2 Å². The Hall–Kier alpha value is -1.44. The summed E-state index contributed by atoms with van der Waals surface area (Å²) in [6.45, 7) is 1.18. The molecule has 18 heavy (non-hydrogen) atoms. The molecular weight excluding hydrogens is 256 g/mol. The minimum Gasteiger partial charge on any atom is -0.395 e. The highest BCUT2D eigenvalue weighted by molar-refractivity contribution is 7.89. The van der Waals surface area contributed by atoms with Crippen molar-refractivity contribution >= 4 is 21.6 Å². The minimum atomic E-state index is -3.59. The molecule has 0 saturated heterocycles. The number of anilines is 1. The average molecular weight is 272 g/mol. The third kappa shape index (κ3) is 3.52. The molecule has 7 heteroatoms. The SMILES string of the molecule is CC(=O)Nc1ccc(S(=O)(=O)N(C)CCO)cc1. The van der Waals surface area contributed by atoms with E-state index in [1.54, 1.807) is 0 Å². The molecule has 2 N–H and O–H groups in total. The van der Waals surface area contributed by atoms with E-state index in [2.05, 4.69) is 5.32 Å². The van der Waals surface area contributed by atoms with Gasteiger partial charge in [-0.05, 0) is 24.3 Å². The van der Waals surface area contributed by atoms with Gasteiger partial charge in [-0.15, -0.1) is 0 Å². The predicted molar refractivity (Wildman–Crippen MR) is 67.6 cm³/mol. The molecule has 0 unspecified atom stereocenters. The number of hydrogen-bond donors (Lipinski definition) is 2. The Morgan fingerprint density at radius 1 is 1.33 bits per heavy atom. The van der Waals surface area contributed by atoms with Crippen molar-refractivity contribution in [2.75, 3.05) is 25.5 Å². The van der Waals surface area contributed by atoms with Crippen molar-refractivity contribution < 1.29 is 18.3 Å². The normalized spacial score (nSPS) is 11.6. The number of aliphatic hydroxyl groups excluding tert-OH is 1. The van der Waals surface area contributed by atoms with Crippen molar-refractivity contribution in [3.8, 4) is 0 Å². The van der Waals surface area contributed by atoms with E-state index in [0.29, 0.717) is 5.69 Å². The van der Waals surface area contributed by atoms with Crippen molar-refractivity contribution in [1.82, 2.24) is 4.31 Å². The highest BCUT2D eigenvalue weighted by Gasteiger charge is 2.19. The molecule has 1 rings (SSSR count). The standard InChI is InChI=1S/C11H16N2O4S/c1-9(15)12-10-3-5-11(6-4-10)18(16,17)13(2)7-8-14/h3-6,14H,7-8H2,1-2H3,(H,12,15). The highest BCUT2D eigenvalue weighted by atomic mass is 32.2. The van der Waals surface area contributed by atoms with Gasteiger partial charge in [0.15, 0.2) is 0 Å². The second kappa shape index (κ2) is 5.94. The quantitative estimate of drug-likeness (QED) is 0.805. The second-order valence-electron chi connectivity index (χ2n) is 3.76. The molecule has 1 amide bonds. The van der Waals surface area contributed by atoms with Crippen molar-refractivity contribution in [2.24, 2.45) is 0 Å². The molecule has 0 aliphatic carbocycles. The molecule has 0 bridgehead atoms. The number of rotatable bonds is 5. The number of aliphatic hydroxyl groups is 1. The molecule has 0 aromatic heterocycles. The largest absolute Gasteiger partial charge is 0.395 e. The summed E-state index contributed by atoms with van der Waals surface area (Å²) in [6, 6.07) is 5.85. The monoisotopic (exact) mass is 272 g/mol. The molecule has 0 radical (unpaired) electrons. The van der Waals surface area contributed by atoms with Gasteiger partial charge in [0.1, 0.15) is 0 Å². The van der Waals surface area contributed by atoms with Crippen LogP contribution < -0.4 is 5.32 Å². The van der Waals surface area contributed by atoms with Crippen LogP contribution >= 0.6 is 0 Å². The van der Waals surface area contributed by atoms with Gasteiger partial charge in [0.2, 0.25) is 15.9 Å². The van der Waals surface area contributed by atoms with Crippen LogP contribution in [0.5, 0.6) is 0 Å². The summed E-state index contributed by atoms with van der Waals surface area (Å²) in [5, 5.41) is 11.3. The van der Waals surface area contributed by atoms with Crippen LogP contribution in [0.4, 0.5) is 5.69 Å². The Balaban J connectivity index is 2.94. The van der Waals surface area contributed by atoms with E-state index in [0.717, 1.165) is 4.31 Å². The summed E-state index contributed by atoms with van der Waals surface area (Å²) < 4.78 is 25.0. The fraction of sp³-hybridized carbons (Fsp3) is 0.364. The zero-order valence-corrected chi connectivity index (χ0v) is 11.1. The van der Waals surface area contributed by atoms with Gasteiger partial charge in [-0.2, -0.15) is 4.31 Å². The lowest BCUT2D eigenvalue weighted by molar-refractivity contribution is -0.114. The van der Waals surface area contributed by atoms with E-state index in [1.807, 2.05) is 0 Å². The van der Waals surface area contributed by atoms with Gasteiger partial charge < -0.3 is 10.4 Å². The number of nitrogens with zero attached hydrogens (tertiary/aromatic N) is 1. The Morgan fingerprint density at radius 3 is 2.33 bits per heavy atom. The van der Waals surface area contributed by atoms with Crippen LogP contribution in [0.15, 0.2) is 29.2 Å². The fourth-order valence-electron chi connectivity index (χ4n) is 1.35. The molecule has 0 aliphatic rings. The maximum atomic E-state index is 12.0. The first-order valence-corrected chi connectivity index (χ1v) is 6.77. The van der Waals surface area contributed by atoms with Crippen LogP contribution in [0.3, 0.4) is 0 Å². The second-order valence-corrected chi connectivity index (χ2v) is 5.80. The number of nitrogens with one attached hydrogen (secondary N) is 1. The van der Waals surface area contributed by atoms with Gasteiger partial charge in [0.05, 0.1) is 11.5 Å². The number of benzene rings is 1. The summed E-state index contributed by atoms with van der Waals surface area (Å²) in [5.41, 5.74) is 0.534. The Bertz CT molecular complexity index is 510. The first-order valence-electron chi connectivity index (χ1n) is 5.33. The molecule has 0 saturated carbocycles. The van der Waals surface area contributed by atoms with Crippen LogP contribution in [0, 0.1) is 0 Å². The molecule has 100 valence electrons. The minimum absolute atomic E-state index is 0.0375. The van der Waals surface area contributed by atoms with Crippen LogP contribution in [0.2, 0.25) is 0 Å². The molecule has 0 aliphatic heterocycles. The lowest BCUT2D eigenvalue weighted by Crippen LogP contribution is -2.29. The third-order valence-electron chi connectivity index (χ3n) is 2.30. The van der Waals surface area contributed by atoms with Crippen LogP contribution in [0.25, 0.3) is 0 Å². The molecule has 0 atom stereocenters. The van der Waals surface area contributed by atoms with Gasteiger partial charge >= 0.3 is 0 Å². The third-order valence-corrected chi connectivity index (χ3v) is 4.17. The van der Waals surface area contributed by atoms with Gasteiger partial charge in [-0.25, -0.2) is 8.42 Å². The van der Waals surface area contributed by atoms with E-state index in [-0.39, 0.29) is 24.0 Å². The average Bonchev–Trinajstić information content (AvgIpc) is 2.29. The van der Waals surface area contributed by atoms with Crippen LogP contribution in [0.1, 0.15) is 6.92 Å². The van der Waals surface area contributed by atoms with Crippen LogP contribution in [-0.4, -0.2) is 43.9 Å². The van der Waals surface area contributed by atoms with E-state index in [4.69, 9.17) is 5.11 Å². The van der Waals surface area contributed by atoms with E-state index < -0.39 is 10.0 Å². The summed E-state index contributed by atoms with van der Waals surface area (Å²) in [4.78, 5) is 10.9. The topological polar surface area (TPSA) is 86.7 Å². The summed E-state index contributed by atoms with van der Waals surface area (Å²) in [6.07, 6.45) is 0. The van der Waals surface area contributed by atoms with Crippen molar-refractivity contribution in [3.05, 3.63) is 24.3 Å². The number of amides is 1. The molecule has 0 spiro atoms. The maximum absolute atomic E-state index is 12.0. The van der Waals surface area contributed by atoms with Gasteiger partial charge in [-0.1, -0.05) is 0 Å². The molecule has 0 fully saturated rings. The number of carbonyl (C=O) groups excluding carboxylic acids is 1.